The number of carboxylic acids is 1. The first-order valence-electron chi connectivity index (χ1n) is 13.8. The highest BCUT2D eigenvalue weighted by atomic mass is 16.5. The molecule has 1 amide bonds. The van der Waals surface area contributed by atoms with Crippen molar-refractivity contribution in [2.75, 3.05) is 19.8 Å². The lowest BCUT2D eigenvalue weighted by atomic mass is 10.0. The molecule has 194 valence electrons. The molecule has 2 atom stereocenters. The van der Waals surface area contributed by atoms with Crippen LogP contribution in [-0.2, 0) is 14.3 Å². The van der Waals surface area contributed by atoms with Crippen molar-refractivity contribution in [1.82, 2.24) is 10.2 Å². The van der Waals surface area contributed by atoms with Crippen molar-refractivity contribution < 1.29 is 19.4 Å². The summed E-state index contributed by atoms with van der Waals surface area (Å²) >= 11 is 0. The van der Waals surface area contributed by atoms with E-state index in [1.165, 1.54) is 70.6 Å². The van der Waals surface area contributed by atoms with Gasteiger partial charge in [0.15, 0.2) is 0 Å². The third kappa shape index (κ3) is 15.4. The molecule has 2 N–H and O–H groups in total. The van der Waals surface area contributed by atoms with Crippen LogP contribution >= 0.6 is 0 Å². The number of carbonyl (C=O) groups is 2. The average Bonchev–Trinajstić information content (AvgIpc) is 2.77. The lowest BCUT2D eigenvalue weighted by Gasteiger charge is -2.40. The summed E-state index contributed by atoms with van der Waals surface area (Å²) in [6.45, 7) is 8.31. The molecule has 0 aromatic rings. The largest absolute Gasteiger partial charge is 0.481 e. The number of amides is 1. The standard InChI is InChI=1S/C27H52N2O4/c1-4-25(29-19-20-33-22-24(29)21-27(31)32)28-26(30)18-16-14-12-10-8-6-5-7-9-11-13-15-17-23(2)3/h23-25H,4-22H2,1-3H3,(H,28,30)(H,31,32). The molecule has 6 heteroatoms. The van der Waals surface area contributed by atoms with Crippen molar-refractivity contribution in [3.63, 3.8) is 0 Å². The van der Waals surface area contributed by atoms with E-state index in [4.69, 9.17) is 9.84 Å². The Kier molecular flexibility index (Phi) is 17.4. The SMILES string of the molecule is CCC(NC(=O)CCCCCCCCCCCCCCC(C)C)N1CCOCC1CC(=O)O. The minimum absolute atomic E-state index is 0.0463. The van der Waals surface area contributed by atoms with E-state index in [9.17, 15) is 9.59 Å². The predicted molar refractivity (Wildman–Crippen MR) is 135 cm³/mol. The van der Waals surface area contributed by atoms with Gasteiger partial charge in [-0.1, -0.05) is 97.8 Å². The van der Waals surface area contributed by atoms with Gasteiger partial charge in [-0.3, -0.25) is 14.5 Å². The summed E-state index contributed by atoms with van der Waals surface area (Å²) in [5.41, 5.74) is 0. The summed E-state index contributed by atoms with van der Waals surface area (Å²) in [4.78, 5) is 25.7. The number of unbranched alkanes of at least 4 members (excludes halogenated alkanes) is 11. The van der Waals surface area contributed by atoms with E-state index in [0.29, 0.717) is 26.2 Å². The number of ether oxygens (including phenoxy) is 1. The fourth-order valence-electron chi connectivity index (χ4n) is 4.74. The molecule has 1 aliphatic heterocycles. The molecule has 0 aliphatic carbocycles. The molecule has 0 spiro atoms. The number of morpholine rings is 1. The van der Waals surface area contributed by atoms with Gasteiger partial charge < -0.3 is 15.2 Å². The van der Waals surface area contributed by atoms with E-state index < -0.39 is 5.97 Å². The second-order valence-corrected chi connectivity index (χ2v) is 10.2. The first-order valence-corrected chi connectivity index (χ1v) is 13.8. The highest BCUT2D eigenvalue weighted by molar-refractivity contribution is 5.76. The van der Waals surface area contributed by atoms with Gasteiger partial charge in [-0.05, 0) is 18.8 Å². The lowest BCUT2D eigenvalue weighted by molar-refractivity contribution is -0.141. The van der Waals surface area contributed by atoms with Crippen molar-refractivity contribution in [2.24, 2.45) is 5.92 Å². The minimum atomic E-state index is -0.825. The van der Waals surface area contributed by atoms with Crippen LogP contribution in [0.4, 0.5) is 0 Å². The predicted octanol–water partition coefficient (Wildman–Crippen LogP) is 6.13. The van der Waals surface area contributed by atoms with E-state index in [0.717, 1.165) is 25.2 Å². The van der Waals surface area contributed by atoms with Crippen molar-refractivity contribution in [1.29, 1.82) is 0 Å². The molecule has 0 aromatic heterocycles. The molecule has 0 bridgehead atoms. The van der Waals surface area contributed by atoms with E-state index >= 15 is 0 Å². The van der Waals surface area contributed by atoms with Crippen molar-refractivity contribution in [2.45, 2.75) is 136 Å². The van der Waals surface area contributed by atoms with E-state index in [1.54, 1.807) is 0 Å². The van der Waals surface area contributed by atoms with Gasteiger partial charge in [-0.15, -0.1) is 0 Å². The lowest BCUT2D eigenvalue weighted by Crippen LogP contribution is -2.57. The summed E-state index contributed by atoms with van der Waals surface area (Å²) in [6.07, 6.45) is 18.2. The van der Waals surface area contributed by atoms with E-state index in [2.05, 4.69) is 24.1 Å². The van der Waals surface area contributed by atoms with Gasteiger partial charge in [-0.25, -0.2) is 0 Å². The molecule has 1 rings (SSSR count). The number of carbonyl (C=O) groups excluding carboxylic acids is 1. The third-order valence-corrected chi connectivity index (χ3v) is 6.73. The van der Waals surface area contributed by atoms with Gasteiger partial charge in [-0.2, -0.15) is 0 Å². The smallest absolute Gasteiger partial charge is 0.305 e. The van der Waals surface area contributed by atoms with E-state index in [-0.39, 0.29) is 24.5 Å². The molecule has 1 aliphatic rings. The monoisotopic (exact) mass is 468 g/mol. The average molecular weight is 469 g/mol. The maximum atomic E-state index is 12.4. The third-order valence-electron chi connectivity index (χ3n) is 6.73. The van der Waals surface area contributed by atoms with Crippen LogP contribution in [-0.4, -0.2) is 53.8 Å². The molecular formula is C27H52N2O4. The fourth-order valence-corrected chi connectivity index (χ4v) is 4.74. The van der Waals surface area contributed by atoms with Gasteiger partial charge in [0.1, 0.15) is 0 Å². The molecule has 1 saturated heterocycles. The summed E-state index contributed by atoms with van der Waals surface area (Å²) in [6, 6.07) is -0.175. The first kappa shape index (κ1) is 29.9. The Balaban J connectivity index is 2.03. The van der Waals surface area contributed by atoms with Gasteiger partial charge in [0.25, 0.3) is 0 Å². The normalized spacial score (nSPS) is 17.9. The Morgan fingerprint density at radius 2 is 1.48 bits per heavy atom. The Morgan fingerprint density at radius 3 is 2.00 bits per heavy atom. The second kappa shape index (κ2) is 19.2. The van der Waals surface area contributed by atoms with Crippen LogP contribution in [0.15, 0.2) is 0 Å². The molecule has 6 nitrogen and oxygen atoms in total. The zero-order chi connectivity index (χ0) is 24.3. The van der Waals surface area contributed by atoms with Crippen molar-refractivity contribution in [3.05, 3.63) is 0 Å². The number of aliphatic carboxylic acids is 1. The van der Waals surface area contributed by atoms with Crippen molar-refractivity contribution in [3.8, 4) is 0 Å². The Labute approximate surface area is 203 Å². The number of hydrogen-bond donors (Lipinski definition) is 2. The highest BCUT2D eigenvalue weighted by Gasteiger charge is 2.30. The van der Waals surface area contributed by atoms with Crippen LogP contribution in [0.1, 0.15) is 124 Å². The molecule has 0 radical (unpaired) electrons. The molecule has 33 heavy (non-hydrogen) atoms. The Hall–Kier alpha value is -1.14. The first-order chi connectivity index (χ1) is 15.9. The number of hydrogen-bond acceptors (Lipinski definition) is 4. The van der Waals surface area contributed by atoms with Crippen LogP contribution in [0.25, 0.3) is 0 Å². The van der Waals surface area contributed by atoms with E-state index in [1.807, 2.05) is 6.92 Å². The molecule has 2 unspecified atom stereocenters. The summed E-state index contributed by atoms with van der Waals surface area (Å²) in [5.74, 6) is 0.102. The second-order valence-electron chi connectivity index (χ2n) is 10.2. The fraction of sp³-hybridized carbons (Fsp3) is 0.926. The Morgan fingerprint density at radius 1 is 0.939 bits per heavy atom. The number of nitrogens with zero attached hydrogens (tertiary/aromatic N) is 1. The van der Waals surface area contributed by atoms with Gasteiger partial charge in [0.2, 0.25) is 5.91 Å². The van der Waals surface area contributed by atoms with Gasteiger partial charge in [0.05, 0.1) is 25.8 Å². The number of carboxylic acid groups (broad SMARTS) is 1. The maximum absolute atomic E-state index is 12.4. The van der Waals surface area contributed by atoms with Crippen LogP contribution in [0.3, 0.4) is 0 Å². The molecular weight excluding hydrogens is 416 g/mol. The highest BCUT2D eigenvalue weighted by Crippen LogP contribution is 2.17. The van der Waals surface area contributed by atoms with Crippen LogP contribution < -0.4 is 5.32 Å². The number of nitrogens with one attached hydrogen (secondary N) is 1. The quantitative estimate of drug-likeness (QED) is 0.210. The topological polar surface area (TPSA) is 78.9 Å². The molecule has 1 heterocycles. The molecule has 0 saturated carbocycles. The Bertz CT molecular complexity index is 512. The number of rotatable bonds is 20. The van der Waals surface area contributed by atoms with Crippen LogP contribution in [0.5, 0.6) is 0 Å². The summed E-state index contributed by atoms with van der Waals surface area (Å²) in [5, 5.41) is 12.3. The zero-order valence-corrected chi connectivity index (χ0v) is 21.8. The maximum Gasteiger partial charge on any atom is 0.305 e. The van der Waals surface area contributed by atoms with Crippen LogP contribution in [0.2, 0.25) is 0 Å². The van der Waals surface area contributed by atoms with Crippen LogP contribution in [0, 0.1) is 5.92 Å². The summed E-state index contributed by atoms with van der Waals surface area (Å²) < 4.78 is 5.46. The van der Waals surface area contributed by atoms with Gasteiger partial charge >= 0.3 is 5.97 Å². The zero-order valence-electron chi connectivity index (χ0n) is 21.8. The van der Waals surface area contributed by atoms with Crippen molar-refractivity contribution >= 4 is 11.9 Å². The van der Waals surface area contributed by atoms with Gasteiger partial charge in [0, 0.05) is 19.0 Å². The molecule has 1 fully saturated rings. The molecule has 0 aromatic carbocycles. The summed E-state index contributed by atoms with van der Waals surface area (Å²) in [7, 11) is 0. The minimum Gasteiger partial charge on any atom is -0.481 e.